The Morgan fingerprint density at radius 2 is 2.08 bits per heavy atom. The Balaban J connectivity index is 2.95. The summed E-state index contributed by atoms with van der Waals surface area (Å²) in [7, 11) is 0. The third kappa shape index (κ3) is 8.21. The fourth-order valence-corrected chi connectivity index (χ4v) is 1.02. The first kappa shape index (κ1) is 12.1. The van der Waals surface area contributed by atoms with Crippen LogP contribution >= 0.6 is 15.9 Å². The van der Waals surface area contributed by atoms with Crippen molar-refractivity contribution >= 4 is 21.7 Å². The van der Waals surface area contributed by atoms with Gasteiger partial charge in [-0.1, -0.05) is 42.1 Å². The topological polar surface area (TPSA) is 26.3 Å². The first-order chi connectivity index (χ1) is 5.81. The first-order valence-corrected chi connectivity index (χ1v) is 5.58. The Morgan fingerprint density at radius 3 is 2.67 bits per heavy atom. The van der Waals surface area contributed by atoms with Gasteiger partial charge in [-0.15, -0.1) is 0 Å². The van der Waals surface area contributed by atoms with Crippen molar-refractivity contribution in [2.75, 3.05) is 18.5 Å². The van der Waals surface area contributed by atoms with Crippen LogP contribution in [0.5, 0.6) is 0 Å². The highest BCUT2D eigenvalue weighted by atomic mass is 79.9. The smallest absolute Gasteiger partial charge is 0.168 e. The maximum Gasteiger partial charge on any atom is 0.168 e. The van der Waals surface area contributed by atoms with Crippen LogP contribution in [0.25, 0.3) is 0 Å². The molecule has 0 spiro atoms. The van der Waals surface area contributed by atoms with Gasteiger partial charge in [-0.3, -0.25) is 4.79 Å². The second-order valence-corrected chi connectivity index (χ2v) is 3.35. The summed E-state index contributed by atoms with van der Waals surface area (Å²) in [4.78, 5) is 10.7. The predicted octanol–water partition coefficient (Wildman–Crippen LogP) is 2.55. The summed E-state index contributed by atoms with van der Waals surface area (Å²) in [5.41, 5.74) is 0. The number of ketones is 1. The molecule has 0 unspecified atom stereocenters. The van der Waals surface area contributed by atoms with E-state index >= 15 is 0 Å². The second-order valence-electron chi connectivity index (χ2n) is 2.79. The van der Waals surface area contributed by atoms with E-state index in [2.05, 4.69) is 22.9 Å². The van der Waals surface area contributed by atoms with E-state index in [4.69, 9.17) is 4.74 Å². The van der Waals surface area contributed by atoms with Gasteiger partial charge in [-0.05, 0) is 6.42 Å². The van der Waals surface area contributed by atoms with Gasteiger partial charge in [0.2, 0.25) is 0 Å². The number of carbonyl (C=O) groups excluding carboxylic acids is 1. The van der Waals surface area contributed by atoms with E-state index in [-0.39, 0.29) is 12.4 Å². The highest BCUT2D eigenvalue weighted by molar-refractivity contribution is 9.09. The van der Waals surface area contributed by atoms with E-state index in [1.54, 1.807) is 0 Å². The largest absolute Gasteiger partial charge is 0.374 e. The van der Waals surface area contributed by atoms with Crippen molar-refractivity contribution in [3.8, 4) is 0 Å². The van der Waals surface area contributed by atoms with E-state index in [1.807, 2.05) is 0 Å². The number of hydrogen-bond acceptors (Lipinski definition) is 2. The highest BCUT2D eigenvalue weighted by Crippen LogP contribution is 1.98. The first-order valence-electron chi connectivity index (χ1n) is 4.46. The minimum absolute atomic E-state index is 0.116. The molecule has 0 saturated heterocycles. The standard InChI is InChI=1S/C9H17BrO2/c1-2-3-4-5-6-12-8-9(11)7-10/h2-8H2,1H3. The summed E-state index contributed by atoms with van der Waals surface area (Å²) in [5, 5.41) is 0.405. The number of hydrogen-bond donors (Lipinski definition) is 0. The third-order valence-corrected chi connectivity index (χ3v) is 2.18. The van der Waals surface area contributed by atoms with Crippen molar-refractivity contribution in [2.45, 2.75) is 32.6 Å². The van der Waals surface area contributed by atoms with Crippen LogP contribution in [0.1, 0.15) is 32.6 Å². The minimum atomic E-state index is 0.116. The van der Waals surface area contributed by atoms with Crippen molar-refractivity contribution in [3.05, 3.63) is 0 Å². The summed E-state index contributed by atoms with van der Waals surface area (Å²) < 4.78 is 5.15. The zero-order valence-corrected chi connectivity index (χ0v) is 9.23. The Labute approximate surface area is 82.8 Å². The maximum absolute atomic E-state index is 10.7. The lowest BCUT2D eigenvalue weighted by Gasteiger charge is -2.01. The van der Waals surface area contributed by atoms with Gasteiger partial charge in [-0.25, -0.2) is 0 Å². The van der Waals surface area contributed by atoms with Crippen molar-refractivity contribution in [1.29, 1.82) is 0 Å². The molecule has 0 aliphatic heterocycles. The molecule has 0 aromatic heterocycles. The molecular formula is C9H17BrO2. The molecule has 0 aromatic rings. The van der Waals surface area contributed by atoms with Gasteiger partial charge < -0.3 is 4.74 Å². The average Bonchev–Trinajstić information content (AvgIpc) is 2.10. The summed E-state index contributed by atoms with van der Waals surface area (Å²) in [5.74, 6) is 0.116. The normalized spacial score (nSPS) is 10.2. The van der Waals surface area contributed by atoms with Crippen molar-refractivity contribution in [3.63, 3.8) is 0 Å². The minimum Gasteiger partial charge on any atom is -0.374 e. The number of carbonyl (C=O) groups is 1. The van der Waals surface area contributed by atoms with Crippen molar-refractivity contribution in [1.82, 2.24) is 0 Å². The van der Waals surface area contributed by atoms with Crippen molar-refractivity contribution < 1.29 is 9.53 Å². The fraction of sp³-hybridized carbons (Fsp3) is 0.889. The molecule has 0 radical (unpaired) electrons. The second kappa shape index (κ2) is 9.20. The molecule has 0 heterocycles. The molecule has 0 saturated carbocycles. The molecule has 0 amide bonds. The van der Waals surface area contributed by atoms with Crippen LogP contribution in [0.2, 0.25) is 0 Å². The molecule has 12 heavy (non-hydrogen) atoms. The van der Waals surface area contributed by atoms with Gasteiger partial charge in [0.05, 0.1) is 5.33 Å². The monoisotopic (exact) mass is 236 g/mol. The lowest BCUT2D eigenvalue weighted by molar-refractivity contribution is -0.120. The number of rotatable bonds is 8. The van der Waals surface area contributed by atoms with Crippen LogP contribution < -0.4 is 0 Å². The van der Waals surface area contributed by atoms with E-state index < -0.39 is 0 Å². The molecule has 72 valence electrons. The Morgan fingerprint density at radius 1 is 1.33 bits per heavy atom. The zero-order valence-electron chi connectivity index (χ0n) is 7.64. The molecule has 0 fully saturated rings. The van der Waals surface area contributed by atoms with E-state index in [0.717, 1.165) is 13.0 Å². The summed E-state index contributed by atoms with van der Waals surface area (Å²) in [6.07, 6.45) is 4.78. The zero-order chi connectivity index (χ0) is 9.23. The number of Topliss-reactive ketones (excluding diaryl/α,β-unsaturated/α-hetero) is 1. The molecular weight excluding hydrogens is 220 g/mol. The third-order valence-electron chi connectivity index (χ3n) is 1.55. The number of alkyl halides is 1. The van der Waals surface area contributed by atoms with Gasteiger partial charge in [0.15, 0.2) is 5.78 Å². The highest BCUT2D eigenvalue weighted by Gasteiger charge is 1.97. The van der Waals surface area contributed by atoms with Gasteiger partial charge in [0, 0.05) is 6.61 Å². The number of ether oxygens (including phenoxy) is 1. The molecule has 0 N–H and O–H groups in total. The Bertz CT molecular complexity index is 115. The van der Waals surface area contributed by atoms with E-state index in [9.17, 15) is 4.79 Å². The lowest BCUT2D eigenvalue weighted by Crippen LogP contribution is -2.10. The molecule has 0 bridgehead atoms. The predicted molar refractivity (Wildman–Crippen MR) is 53.8 cm³/mol. The van der Waals surface area contributed by atoms with Gasteiger partial charge in [-0.2, -0.15) is 0 Å². The quantitative estimate of drug-likeness (QED) is 0.479. The molecule has 0 aliphatic rings. The molecule has 0 atom stereocenters. The van der Waals surface area contributed by atoms with Crippen LogP contribution in [-0.4, -0.2) is 24.3 Å². The maximum atomic E-state index is 10.7. The number of halogens is 1. The van der Waals surface area contributed by atoms with Crippen LogP contribution in [0.3, 0.4) is 0 Å². The van der Waals surface area contributed by atoms with Crippen LogP contribution in [0.4, 0.5) is 0 Å². The Kier molecular flexibility index (Phi) is 9.28. The van der Waals surface area contributed by atoms with Gasteiger partial charge in [0.25, 0.3) is 0 Å². The summed E-state index contributed by atoms with van der Waals surface area (Å²) >= 11 is 3.08. The SMILES string of the molecule is CCCCCCOCC(=O)CBr. The average molecular weight is 237 g/mol. The van der Waals surface area contributed by atoms with E-state index in [1.165, 1.54) is 19.3 Å². The summed E-state index contributed by atoms with van der Waals surface area (Å²) in [6.45, 7) is 3.16. The molecule has 0 aliphatic carbocycles. The van der Waals surface area contributed by atoms with Gasteiger partial charge in [0.1, 0.15) is 6.61 Å². The van der Waals surface area contributed by atoms with Crippen LogP contribution in [-0.2, 0) is 9.53 Å². The fourth-order valence-electron chi connectivity index (χ4n) is 0.855. The number of unbranched alkanes of at least 4 members (excludes halogenated alkanes) is 3. The molecule has 2 nitrogen and oxygen atoms in total. The molecule has 0 rings (SSSR count). The molecule has 0 aromatic carbocycles. The lowest BCUT2D eigenvalue weighted by atomic mass is 10.2. The summed E-state index contributed by atoms with van der Waals surface area (Å²) in [6, 6.07) is 0. The Hall–Kier alpha value is 0.110. The van der Waals surface area contributed by atoms with Crippen molar-refractivity contribution in [2.24, 2.45) is 0 Å². The van der Waals surface area contributed by atoms with Gasteiger partial charge >= 0.3 is 0 Å². The van der Waals surface area contributed by atoms with Crippen LogP contribution in [0, 0.1) is 0 Å². The van der Waals surface area contributed by atoms with Crippen LogP contribution in [0.15, 0.2) is 0 Å². The molecule has 3 heteroatoms. The van der Waals surface area contributed by atoms with E-state index in [0.29, 0.717) is 5.33 Å².